The maximum Gasteiger partial charge on any atom is 0.0980 e. The molecule has 2 heterocycles. The van der Waals surface area contributed by atoms with Crippen LogP contribution in [-0.2, 0) is 7.05 Å². The van der Waals surface area contributed by atoms with Crippen LogP contribution in [0.1, 0.15) is 42.9 Å². The third-order valence-corrected chi connectivity index (χ3v) is 5.79. The Morgan fingerprint density at radius 1 is 1.15 bits per heavy atom. The standard InChI is InChI=1S/C24H31N3/c1-6-11-27(14-19-7-8-19)21-9-10-25-23-20(15-26(5)24(21)23)22-17(3)12-16(2)13-18(22)4/h9-10,12-13,15,19H,6-8,11,14H2,1-5H3. The van der Waals surface area contributed by atoms with Gasteiger partial charge in [0.15, 0.2) is 0 Å². The van der Waals surface area contributed by atoms with Crippen molar-refractivity contribution in [3.05, 3.63) is 47.3 Å². The second-order valence-electron chi connectivity index (χ2n) is 8.34. The fourth-order valence-electron chi connectivity index (χ4n) is 4.54. The quantitative estimate of drug-likeness (QED) is 0.554. The van der Waals surface area contributed by atoms with Crippen molar-refractivity contribution in [2.45, 2.75) is 47.0 Å². The molecule has 0 bridgehead atoms. The zero-order valence-corrected chi connectivity index (χ0v) is 17.3. The summed E-state index contributed by atoms with van der Waals surface area (Å²) in [7, 11) is 2.16. The van der Waals surface area contributed by atoms with Crippen molar-refractivity contribution >= 4 is 16.7 Å². The fraction of sp³-hybridized carbons (Fsp3) is 0.458. The summed E-state index contributed by atoms with van der Waals surface area (Å²) in [6, 6.07) is 6.77. The molecule has 1 aliphatic carbocycles. The van der Waals surface area contributed by atoms with Crippen molar-refractivity contribution in [3.8, 4) is 11.1 Å². The van der Waals surface area contributed by atoms with Crippen LogP contribution in [0.2, 0.25) is 0 Å². The Labute approximate surface area is 163 Å². The van der Waals surface area contributed by atoms with Crippen molar-refractivity contribution in [2.75, 3.05) is 18.0 Å². The van der Waals surface area contributed by atoms with E-state index in [1.54, 1.807) is 0 Å². The summed E-state index contributed by atoms with van der Waals surface area (Å²) < 4.78 is 2.28. The molecule has 0 N–H and O–H groups in total. The predicted molar refractivity (Wildman–Crippen MR) is 116 cm³/mol. The van der Waals surface area contributed by atoms with Gasteiger partial charge in [0.2, 0.25) is 0 Å². The smallest absolute Gasteiger partial charge is 0.0980 e. The van der Waals surface area contributed by atoms with Gasteiger partial charge in [-0.3, -0.25) is 4.98 Å². The molecule has 1 aliphatic rings. The number of aromatic nitrogens is 2. The van der Waals surface area contributed by atoms with Gasteiger partial charge < -0.3 is 9.47 Å². The first-order valence-corrected chi connectivity index (χ1v) is 10.3. The first kappa shape index (κ1) is 18.1. The van der Waals surface area contributed by atoms with Crippen molar-refractivity contribution in [3.63, 3.8) is 0 Å². The van der Waals surface area contributed by atoms with Crippen molar-refractivity contribution in [2.24, 2.45) is 13.0 Å². The van der Waals surface area contributed by atoms with E-state index >= 15 is 0 Å². The Morgan fingerprint density at radius 2 is 1.85 bits per heavy atom. The fourth-order valence-corrected chi connectivity index (χ4v) is 4.54. The lowest BCUT2D eigenvalue weighted by Gasteiger charge is -2.25. The van der Waals surface area contributed by atoms with Crippen LogP contribution < -0.4 is 4.90 Å². The van der Waals surface area contributed by atoms with Gasteiger partial charge in [-0.05, 0) is 68.7 Å². The minimum absolute atomic E-state index is 0.876. The van der Waals surface area contributed by atoms with Gasteiger partial charge in [0, 0.05) is 38.1 Å². The Balaban J connectivity index is 1.89. The van der Waals surface area contributed by atoms with E-state index in [1.807, 2.05) is 6.20 Å². The monoisotopic (exact) mass is 361 g/mol. The maximum absolute atomic E-state index is 4.83. The molecule has 0 aliphatic heterocycles. The summed E-state index contributed by atoms with van der Waals surface area (Å²) in [5.41, 5.74) is 10.3. The van der Waals surface area contributed by atoms with Crippen LogP contribution in [0.4, 0.5) is 5.69 Å². The van der Waals surface area contributed by atoms with E-state index in [9.17, 15) is 0 Å². The normalized spacial score (nSPS) is 14.1. The minimum Gasteiger partial charge on any atom is -0.369 e. The Hall–Kier alpha value is -2.29. The molecule has 0 radical (unpaired) electrons. The molecule has 0 atom stereocenters. The van der Waals surface area contributed by atoms with Crippen LogP contribution in [0.5, 0.6) is 0 Å². The molecule has 0 saturated heterocycles. The van der Waals surface area contributed by atoms with Gasteiger partial charge in [-0.2, -0.15) is 0 Å². The Morgan fingerprint density at radius 3 is 2.48 bits per heavy atom. The maximum atomic E-state index is 4.83. The van der Waals surface area contributed by atoms with E-state index < -0.39 is 0 Å². The van der Waals surface area contributed by atoms with E-state index in [4.69, 9.17) is 4.98 Å². The van der Waals surface area contributed by atoms with E-state index in [2.05, 4.69) is 68.6 Å². The van der Waals surface area contributed by atoms with E-state index in [-0.39, 0.29) is 0 Å². The van der Waals surface area contributed by atoms with Crippen LogP contribution in [-0.4, -0.2) is 22.6 Å². The number of aryl methyl sites for hydroxylation is 4. The molecule has 3 heteroatoms. The van der Waals surface area contributed by atoms with E-state index in [0.717, 1.165) is 18.0 Å². The third kappa shape index (κ3) is 3.36. The number of hydrogen-bond acceptors (Lipinski definition) is 2. The highest BCUT2D eigenvalue weighted by Crippen LogP contribution is 2.39. The lowest BCUT2D eigenvalue weighted by atomic mass is 9.95. The molecule has 142 valence electrons. The van der Waals surface area contributed by atoms with Gasteiger partial charge in [0.25, 0.3) is 0 Å². The first-order chi connectivity index (χ1) is 13.0. The molecular formula is C24H31N3. The summed E-state index contributed by atoms with van der Waals surface area (Å²) in [4.78, 5) is 7.42. The predicted octanol–water partition coefficient (Wildman–Crippen LogP) is 5.79. The first-order valence-electron chi connectivity index (χ1n) is 10.3. The molecule has 3 aromatic rings. The number of nitrogens with zero attached hydrogens (tertiary/aromatic N) is 3. The molecule has 0 amide bonds. The molecule has 4 rings (SSSR count). The third-order valence-electron chi connectivity index (χ3n) is 5.79. The highest BCUT2D eigenvalue weighted by atomic mass is 15.2. The zero-order valence-electron chi connectivity index (χ0n) is 17.3. The largest absolute Gasteiger partial charge is 0.369 e. The van der Waals surface area contributed by atoms with Crippen LogP contribution in [0.25, 0.3) is 22.2 Å². The summed E-state index contributed by atoms with van der Waals surface area (Å²) in [5.74, 6) is 0.876. The van der Waals surface area contributed by atoms with E-state index in [0.29, 0.717) is 0 Å². The lowest BCUT2D eigenvalue weighted by Crippen LogP contribution is -2.27. The number of hydrogen-bond donors (Lipinski definition) is 0. The second kappa shape index (κ2) is 7.03. The molecule has 27 heavy (non-hydrogen) atoms. The summed E-state index contributed by atoms with van der Waals surface area (Å²) in [6.07, 6.45) is 8.20. The summed E-state index contributed by atoms with van der Waals surface area (Å²) in [5, 5.41) is 0. The van der Waals surface area contributed by atoms with Gasteiger partial charge in [-0.25, -0.2) is 0 Å². The molecule has 3 nitrogen and oxygen atoms in total. The summed E-state index contributed by atoms with van der Waals surface area (Å²) in [6.45, 7) is 11.2. The van der Waals surface area contributed by atoms with Gasteiger partial charge in [-0.15, -0.1) is 0 Å². The van der Waals surface area contributed by atoms with Crippen molar-refractivity contribution in [1.29, 1.82) is 0 Å². The van der Waals surface area contributed by atoms with E-state index in [1.165, 1.54) is 64.8 Å². The van der Waals surface area contributed by atoms with Crippen LogP contribution in [0.15, 0.2) is 30.6 Å². The number of rotatable bonds is 6. The number of benzene rings is 1. The minimum atomic E-state index is 0.876. The number of fused-ring (bicyclic) bond motifs is 1. The zero-order chi connectivity index (χ0) is 19.1. The second-order valence-corrected chi connectivity index (χ2v) is 8.34. The summed E-state index contributed by atoms with van der Waals surface area (Å²) >= 11 is 0. The molecule has 0 spiro atoms. The molecule has 1 aromatic carbocycles. The molecular weight excluding hydrogens is 330 g/mol. The highest BCUT2D eigenvalue weighted by Gasteiger charge is 2.26. The molecule has 0 unspecified atom stereocenters. The molecule has 2 aromatic heterocycles. The molecule has 1 saturated carbocycles. The van der Waals surface area contributed by atoms with Gasteiger partial charge in [-0.1, -0.05) is 24.6 Å². The van der Waals surface area contributed by atoms with Gasteiger partial charge >= 0.3 is 0 Å². The number of pyridine rings is 1. The lowest BCUT2D eigenvalue weighted by molar-refractivity contribution is 0.708. The van der Waals surface area contributed by atoms with Gasteiger partial charge in [0.05, 0.1) is 16.7 Å². The number of anilines is 1. The van der Waals surface area contributed by atoms with Crippen LogP contribution in [0.3, 0.4) is 0 Å². The average molecular weight is 362 g/mol. The van der Waals surface area contributed by atoms with Crippen molar-refractivity contribution in [1.82, 2.24) is 9.55 Å². The highest BCUT2D eigenvalue weighted by molar-refractivity contribution is 6.00. The van der Waals surface area contributed by atoms with Crippen LogP contribution >= 0.6 is 0 Å². The van der Waals surface area contributed by atoms with Crippen molar-refractivity contribution < 1.29 is 0 Å². The molecule has 1 fully saturated rings. The Kier molecular flexibility index (Phi) is 4.71. The SMILES string of the molecule is CCCN(CC1CC1)c1ccnc2c(-c3c(C)cc(C)cc3C)cn(C)c12. The van der Waals surface area contributed by atoms with Crippen LogP contribution in [0, 0.1) is 26.7 Å². The average Bonchev–Trinajstić information content (AvgIpc) is 3.37. The van der Waals surface area contributed by atoms with Gasteiger partial charge in [0.1, 0.15) is 0 Å². The Bertz CT molecular complexity index is 956. The topological polar surface area (TPSA) is 21.1 Å².